The Morgan fingerprint density at radius 1 is 1.32 bits per heavy atom. The summed E-state index contributed by atoms with van der Waals surface area (Å²) in [5.41, 5.74) is 3.44. The summed E-state index contributed by atoms with van der Waals surface area (Å²) in [5.74, 6) is 1.79. The topological polar surface area (TPSA) is 61.4 Å². The van der Waals surface area contributed by atoms with Gasteiger partial charge in [-0.15, -0.1) is 4.33 Å². The summed E-state index contributed by atoms with van der Waals surface area (Å²) in [4.78, 5) is 4.64. The van der Waals surface area contributed by atoms with E-state index in [1.165, 1.54) is 16.4 Å². The quantitative estimate of drug-likeness (QED) is 0.310. The molecule has 7 heteroatoms. The van der Waals surface area contributed by atoms with Gasteiger partial charge in [-0.25, -0.2) is 10.2 Å². The molecule has 0 atom stereocenters. The Morgan fingerprint density at radius 3 is 2.95 bits per heavy atom. The molecule has 0 fully saturated rings. The van der Waals surface area contributed by atoms with Crippen LogP contribution in [0.5, 0.6) is 0 Å². The van der Waals surface area contributed by atoms with E-state index >= 15 is 0 Å². The fraction of sp³-hybridized carbons (Fsp3) is 0.400. The zero-order valence-electron chi connectivity index (χ0n) is 12.7. The van der Waals surface area contributed by atoms with Crippen LogP contribution in [-0.2, 0) is 22.5 Å². The summed E-state index contributed by atoms with van der Waals surface area (Å²) in [6, 6.07) is 6.49. The van der Waals surface area contributed by atoms with Crippen molar-refractivity contribution in [2.75, 3.05) is 5.75 Å². The standard InChI is InChI=1S/C15H19N3O3S/c1-3-18-11(2)16-13-9-12-5-7-17(14(12)10-15(13)18)6-4-8-22-21-20-19/h5,7,9-10,19H,3-4,6,8H2,1-2H3. The van der Waals surface area contributed by atoms with Crippen molar-refractivity contribution in [2.24, 2.45) is 0 Å². The lowest BCUT2D eigenvalue weighted by molar-refractivity contribution is -0.432. The summed E-state index contributed by atoms with van der Waals surface area (Å²) in [7, 11) is 0. The Labute approximate surface area is 132 Å². The van der Waals surface area contributed by atoms with Gasteiger partial charge in [0.05, 0.1) is 16.6 Å². The van der Waals surface area contributed by atoms with E-state index in [2.05, 4.69) is 54.8 Å². The van der Waals surface area contributed by atoms with Gasteiger partial charge in [-0.1, -0.05) is 5.04 Å². The predicted molar refractivity (Wildman–Crippen MR) is 87.5 cm³/mol. The number of benzene rings is 1. The van der Waals surface area contributed by atoms with Gasteiger partial charge in [-0.2, -0.15) is 0 Å². The molecule has 0 saturated heterocycles. The van der Waals surface area contributed by atoms with Crippen molar-refractivity contribution in [1.29, 1.82) is 0 Å². The van der Waals surface area contributed by atoms with E-state index < -0.39 is 0 Å². The Balaban J connectivity index is 1.87. The van der Waals surface area contributed by atoms with Crippen molar-refractivity contribution >= 4 is 34.0 Å². The molecule has 1 aromatic carbocycles. The zero-order chi connectivity index (χ0) is 15.5. The summed E-state index contributed by atoms with van der Waals surface area (Å²) >= 11 is 1.09. The lowest BCUT2D eigenvalue weighted by Gasteiger charge is -2.06. The molecule has 6 nitrogen and oxygen atoms in total. The molecule has 0 aliphatic carbocycles. The van der Waals surface area contributed by atoms with Crippen molar-refractivity contribution in [2.45, 2.75) is 33.4 Å². The molecular weight excluding hydrogens is 302 g/mol. The van der Waals surface area contributed by atoms with Gasteiger partial charge in [0.15, 0.2) is 0 Å². The summed E-state index contributed by atoms with van der Waals surface area (Å²) in [5, 5.41) is 12.9. The van der Waals surface area contributed by atoms with Crippen molar-refractivity contribution < 1.29 is 14.6 Å². The zero-order valence-corrected chi connectivity index (χ0v) is 13.5. The van der Waals surface area contributed by atoms with E-state index in [0.717, 1.165) is 48.6 Å². The Kier molecular flexibility index (Phi) is 4.68. The Bertz CT molecular complexity index is 781. The van der Waals surface area contributed by atoms with Crippen LogP contribution in [-0.4, -0.2) is 25.1 Å². The highest BCUT2D eigenvalue weighted by Crippen LogP contribution is 2.25. The fourth-order valence-electron chi connectivity index (χ4n) is 2.87. The second-order valence-corrected chi connectivity index (χ2v) is 5.91. The second-order valence-electron chi connectivity index (χ2n) is 5.13. The third-order valence-corrected chi connectivity index (χ3v) is 4.46. The van der Waals surface area contributed by atoms with Gasteiger partial charge in [0.2, 0.25) is 0 Å². The van der Waals surface area contributed by atoms with Crippen LogP contribution in [0.25, 0.3) is 21.9 Å². The van der Waals surface area contributed by atoms with Crippen LogP contribution >= 0.6 is 12.0 Å². The maximum atomic E-state index is 8.09. The van der Waals surface area contributed by atoms with E-state index in [1.807, 2.05) is 6.92 Å². The molecule has 3 rings (SSSR count). The molecule has 0 bridgehead atoms. The highest BCUT2D eigenvalue weighted by Gasteiger charge is 2.09. The van der Waals surface area contributed by atoms with E-state index in [4.69, 9.17) is 5.26 Å². The monoisotopic (exact) mass is 321 g/mol. The number of imidazole rings is 1. The lowest BCUT2D eigenvalue weighted by atomic mass is 10.2. The van der Waals surface area contributed by atoms with Crippen molar-refractivity contribution in [3.05, 3.63) is 30.2 Å². The van der Waals surface area contributed by atoms with Crippen molar-refractivity contribution in [3.8, 4) is 0 Å². The molecular formula is C15H19N3O3S. The van der Waals surface area contributed by atoms with Crippen LogP contribution in [0.2, 0.25) is 0 Å². The normalized spacial score (nSPS) is 11.8. The average molecular weight is 321 g/mol. The van der Waals surface area contributed by atoms with E-state index in [9.17, 15) is 0 Å². The number of rotatable bonds is 7. The molecule has 3 aromatic rings. The van der Waals surface area contributed by atoms with Crippen LogP contribution in [0.4, 0.5) is 0 Å². The first-order valence-corrected chi connectivity index (χ1v) is 8.21. The minimum atomic E-state index is 0.745. The van der Waals surface area contributed by atoms with Gasteiger partial charge < -0.3 is 9.13 Å². The third kappa shape index (κ3) is 2.85. The smallest absolute Gasteiger partial charge is 0.106 e. The first-order valence-electron chi connectivity index (χ1n) is 7.30. The highest BCUT2D eigenvalue weighted by atomic mass is 32.2. The van der Waals surface area contributed by atoms with Crippen LogP contribution in [0.3, 0.4) is 0 Å². The second kappa shape index (κ2) is 6.70. The van der Waals surface area contributed by atoms with Crippen molar-refractivity contribution in [1.82, 2.24) is 14.1 Å². The van der Waals surface area contributed by atoms with Gasteiger partial charge in [0.1, 0.15) is 5.82 Å². The minimum Gasteiger partial charge on any atom is -0.347 e. The molecule has 0 spiro atoms. The maximum absolute atomic E-state index is 8.09. The van der Waals surface area contributed by atoms with Gasteiger partial charge in [0, 0.05) is 42.5 Å². The number of aromatic nitrogens is 3. The summed E-state index contributed by atoms with van der Waals surface area (Å²) in [6.07, 6.45) is 3.02. The highest BCUT2D eigenvalue weighted by molar-refractivity contribution is 7.94. The molecule has 0 radical (unpaired) electrons. The average Bonchev–Trinajstić information content (AvgIpc) is 3.04. The number of aryl methyl sites for hydroxylation is 3. The molecule has 0 unspecified atom stereocenters. The molecule has 118 valence electrons. The Morgan fingerprint density at radius 2 is 2.18 bits per heavy atom. The van der Waals surface area contributed by atoms with Crippen LogP contribution in [0.1, 0.15) is 19.2 Å². The van der Waals surface area contributed by atoms with Gasteiger partial charge >= 0.3 is 0 Å². The number of hydrogen-bond donors (Lipinski definition) is 1. The molecule has 22 heavy (non-hydrogen) atoms. The van der Waals surface area contributed by atoms with Crippen LogP contribution in [0.15, 0.2) is 24.4 Å². The fourth-order valence-corrected chi connectivity index (χ4v) is 3.23. The molecule has 1 N–H and O–H groups in total. The third-order valence-electron chi connectivity index (χ3n) is 3.85. The number of hydrogen-bond acceptors (Lipinski definition) is 5. The minimum absolute atomic E-state index is 0.745. The number of fused-ring (bicyclic) bond motifs is 2. The molecule has 0 saturated carbocycles. The van der Waals surface area contributed by atoms with Crippen molar-refractivity contribution in [3.63, 3.8) is 0 Å². The van der Waals surface area contributed by atoms with E-state index in [0.29, 0.717) is 0 Å². The Hall–Kier alpha value is -1.54. The first-order chi connectivity index (χ1) is 10.7. The molecule has 0 aliphatic rings. The SMILES string of the molecule is CCn1c(C)nc2cc3ccn(CCCSOOO)c3cc21. The largest absolute Gasteiger partial charge is 0.347 e. The van der Waals surface area contributed by atoms with E-state index in [1.54, 1.807) is 0 Å². The molecule has 0 amide bonds. The van der Waals surface area contributed by atoms with E-state index in [-0.39, 0.29) is 0 Å². The van der Waals surface area contributed by atoms with Gasteiger partial charge in [-0.05, 0) is 38.5 Å². The van der Waals surface area contributed by atoms with Gasteiger partial charge in [-0.3, -0.25) is 0 Å². The maximum Gasteiger partial charge on any atom is 0.106 e. The van der Waals surface area contributed by atoms with Crippen LogP contribution < -0.4 is 0 Å². The van der Waals surface area contributed by atoms with Crippen LogP contribution in [0, 0.1) is 6.92 Å². The van der Waals surface area contributed by atoms with Gasteiger partial charge in [0.25, 0.3) is 0 Å². The molecule has 2 heterocycles. The predicted octanol–water partition coefficient (Wildman–Crippen LogP) is 3.78. The summed E-state index contributed by atoms with van der Waals surface area (Å²) in [6.45, 7) is 5.99. The lowest BCUT2D eigenvalue weighted by Crippen LogP contribution is -1.99. The summed E-state index contributed by atoms with van der Waals surface area (Å²) < 4.78 is 8.85. The molecule has 0 aliphatic heterocycles. The number of nitrogens with zero attached hydrogens (tertiary/aromatic N) is 3. The first kappa shape index (κ1) is 15.4. The molecule has 2 aromatic heterocycles.